The van der Waals surface area contributed by atoms with Crippen molar-refractivity contribution in [3.63, 3.8) is 0 Å². The van der Waals surface area contributed by atoms with Crippen molar-refractivity contribution < 1.29 is 4.79 Å². The van der Waals surface area contributed by atoms with Crippen LogP contribution < -0.4 is 16.6 Å². The molecule has 6 heteroatoms. The summed E-state index contributed by atoms with van der Waals surface area (Å²) in [5.41, 5.74) is 7.36. The first-order valence-electron chi connectivity index (χ1n) is 7.83. The second-order valence-electron chi connectivity index (χ2n) is 5.87. The Hall–Kier alpha value is -1.33. The Balaban J connectivity index is 0.00000242. The molecule has 2 rings (SSSR count). The van der Waals surface area contributed by atoms with E-state index in [1.54, 1.807) is 6.07 Å². The molecule has 0 spiro atoms. The van der Waals surface area contributed by atoms with Crippen LogP contribution in [-0.2, 0) is 12.8 Å². The third-order valence-electron chi connectivity index (χ3n) is 4.71. The monoisotopic (exact) mass is 327 g/mol. The average molecular weight is 328 g/mol. The Morgan fingerprint density at radius 1 is 1.32 bits per heavy atom. The molecule has 1 aromatic rings. The van der Waals surface area contributed by atoms with E-state index < -0.39 is 5.54 Å². The summed E-state index contributed by atoms with van der Waals surface area (Å²) in [7, 11) is 0. The molecule has 0 unspecified atom stereocenters. The van der Waals surface area contributed by atoms with Gasteiger partial charge in [0.2, 0.25) is 0 Å². The predicted molar refractivity (Wildman–Crippen MR) is 90.8 cm³/mol. The quantitative estimate of drug-likeness (QED) is 0.772. The van der Waals surface area contributed by atoms with E-state index in [9.17, 15) is 9.59 Å². The highest BCUT2D eigenvalue weighted by molar-refractivity contribution is 5.94. The number of H-pyrrole nitrogens is 1. The Labute approximate surface area is 137 Å². The molecule has 0 bridgehead atoms. The fourth-order valence-electron chi connectivity index (χ4n) is 2.92. The number of aryl methyl sites for hydroxylation is 2. The molecule has 5 nitrogen and oxygen atoms in total. The molecule has 0 saturated carbocycles. The molecule has 0 radical (unpaired) electrons. The minimum atomic E-state index is -0.431. The zero-order valence-corrected chi connectivity index (χ0v) is 14.1. The van der Waals surface area contributed by atoms with Crippen molar-refractivity contribution in [3.05, 3.63) is 33.2 Å². The number of nitrogens with one attached hydrogen (secondary N) is 2. The van der Waals surface area contributed by atoms with E-state index in [-0.39, 0.29) is 29.4 Å². The van der Waals surface area contributed by atoms with Gasteiger partial charge in [-0.1, -0.05) is 13.8 Å². The SMILES string of the molecule is CCC(CC)(CN)NC(=O)c1cc2c([nH]c1=O)CCCC2.Cl. The lowest BCUT2D eigenvalue weighted by Gasteiger charge is -2.31. The number of fused-ring (bicyclic) bond motifs is 1. The second-order valence-corrected chi connectivity index (χ2v) is 5.87. The fraction of sp³-hybridized carbons (Fsp3) is 0.625. The lowest BCUT2D eigenvalue weighted by Crippen LogP contribution is -2.53. The predicted octanol–water partition coefficient (Wildman–Crippen LogP) is 1.92. The number of aromatic nitrogens is 1. The topological polar surface area (TPSA) is 88.0 Å². The molecule has 1 amide bonds. The molecule has 0 saturated heterocycles. The number of aromatic amines is 1. The minimum absolute atomic E-state index is 0. The minimum Gasteiger partial charge on any atom is -0.345 e. The lowest BCUT2D eigenvalue weighted by molar-refractivity contribution is 0.0893. The summed E-state index contributed by atoms with van der Waals surface area (Å²) >= 11 is 0. The summed E-state index contributed by atoms with van der Waals surface area (Å²) < 4.78 is 0. The average Bonchev–Trinajstić information content (AvgIpc) is 2.52. The van der Waals surface area contributed by atoms with Gasteiger partial charge in [0.25, 0.3) is 11.5 Å². The van der Waals surface area contributed by atoms with Gasteiger partial charge in [-0.2, -0.15) is 0 Å². The van der Waals surface area contributed by atoms with E-state index in [2.05, 4.69) is 10.3 Å². The van der Waals surface area contributed by atoms with Crippen LogP contribution in [0.4, 0.5) is 0 Å². The van der Waals surface area contributed by atoms with Crippen LogP contribution in [0.15, 0.2) is 10.9 Å². The van der Waals surface area contributed by atoms with Crippen molar-refractivity contribution in [2.45, 2.75) is 57.9 Å². The van der Waals surface area contributed by atoms with E-state index in [1.165, 1.54) is 0 Å². The van der Waals surface area contributed by atoms with Gasteiger partial charge in [-0.25, -0.2) is 0 Å². The molecule has 0 atom stereocenters. The van der Waals surface area contributed by atoms with Gasteiger partial charge in [-0.05, 0) is 50.2 Å². The number of rotatable bonds is 5. The number of amides is 1. The Morgan fingerprint density at radius 3 is 2.55 bits per heavy atom. The largest absolute Gasteiger partial charge is 0.345 e. The van der Waals surface area contributed by atoms with Crippen LogP contribution >= 0.6 is 12.4 Å². The molecule has 0 aliphatic heterocycles. The second kappa shape index (κ2) is 7.79. The lowest BCUT2D eigenvalue weighted by atomic mass is 9.91. The molecular weight excluding hydrogens is 302 g/mol. The maximum absolute atomic E-state index is 12.5. The van der Waals surface area contributed by atoms with Gasteiger partial charge in [-0.15, -0.1) is 12.4 Å². The van der Waals surface area contributed by atoms with Crippen molar-refractivity contribution in [2.24, 2.45) is 5.73 Å². The van der Waals surface area contributed by atoms with Gasteiger partial charge < -0.3 is 16.0 Å². The van der Waals surface area contributed by atoms with E-state index in [0.29, 0.717) is 6.54 Å². The number of pyridine rings is 1. The Bertz CT molecular complexity index is 571. The van der Waals surface area contributed by atoms with Gasteiger partial charge in [-0.3, -0.25) is 9.59 Å². The Kier molecular flexibility index (Phi) is 6.63. The third kappa shape index (κ3) is 3.70. The van der Waals surface area contributed by atoms with Gasteiger partial charge in [0.05, 0.1) is 5.54 Å². The third-order valence-corrected chi connectivity index (χ3v) is 4.71. The molecule has 0 aromatic carbocycles. The van der Waals surface area contributed by atoms with Crippen LogP contribution in [0, 0.1) is 0 Å². The molecule has 4 N–H and O–H groups in total. The van der Waals surface area contributed by atoms with Crippen molar-refractivity contribution in [1.82, 2.24) is 10.3 Å². The summed E-state index contributed by atoms with van der Waals surface area (Å²) in [6.45, 7) is 4.36. The molecule has 1 aromatic heterocycles. The molecule has 1 heterocycles. The van der Waals surface area contributed by atoms with Crippen molar-refractivity contribution in [2.75, 3.05) is 6.54 Å². The van der Waals surface area contributed by atoms with Crippen LogP contribution in [0.1, 0.15) is 61.1 Å². The van der Waals surface area contributed by atoms with Crippen LogP contribution in [0.2, 0.25) is 0 Å². The number of nitrogens with two attached hydrogens (primary N) is 1. The van der Waals surface area contributed by atoms with Crippen molar-refractivity contribution in [3.8, 4) is 0 Å². The molecular formula is C16H26ClN3O2. The molecule has 1 aliphatic carbocycles. The smallest absolute Gasteiger partial charge is 0.261 e. The van der Waals surface area contributed by atoms with E-state index in [4.69, 9.17) is 5.73 Å². The van der Waals surface area contributed by atoms with Crippen LogP contribution in [0.3, 0.4) is 0 Å². The van der Waals surface area contributed by atoms with Crippen molar-refractivity contribution >= 4 is 18.3 Å². The molecule has 1 aliphatic rings. The maximum atomic E-state index is 12.5. The molecule has 0 fully saturated rings. The summed E-state index contributed by atoms with van der Waals surface area (Å²) in [4.78, 5) is 27.5. The molecule has 124 valence electrons. The first-order valence-corrected chi connectivity index (χ1v) is 7.83. The van der Waals surface area contributed by atoms with E-state index in [1.807, 2.05) is 13.8 Å². The number of carbonyl (C=O) groups excluding carboxylic acids is 1. The molecule has 22 heavy (non-hydrogen) atoms. The zero-order valence-electron chi connectivity index (χ0n) is 13.3. The first kappa shape index (κ1) is 18.7. The van der Waals surface area contributed by atoms with Gasteiger partial charge in [0.1, 0.15) is 5.56 Å². The van der Waals surface area contributed by atoms with Crippen LogP contribution in [0.5, 0.6) is 0 Å². The van der Waals surface area contributed by atoms with E-state index in [0.717, 1.165) is 49.8 Å². The number of halogens is 1. The highest BCUT2D eigenvalue weighted by Gasteiger charge is 2.28. The van der Waals surface area contributed by atoms with Gasteiger partial charge in [0.15, 0.2) is 0 Å². The Morgan fingerprint density at radius 2 is 1.95 bits per heavy atom. The van der Waals surface area contributed by atoms with Gasteiger partial charge >= 0.3 is 0 Å². The van der Waals surface area contributed by atoms with Crippen LogP contribution in [0.25, 0.3) is 0 Å². The number of hydrogen-bond donors (Lipinski definition) is 3. The zero-order chi connectivity index (χ0) is 15.5. The normalized spacial score (nSPS) is 14.0. The summed E-state index contributed by atoms with van der Waals surface area (Å²) in [6, 6.07) is 1.76. The summed E-state index contributed by atoms with van der Waals surface area (Å²) in [5.74, 6) is -0.321. The maximum Gasteiger partial charge on any atom is 0.261 e. The highest BCUT2D eigenvalue weighted by atomic mass is 35.5. The number of carbonyl (C=O) groups is 1. The first-order chi connectivity index (χ1) is 10.0. The summed E-state index contributed by atoms with van der Waals surface area (Å²) in [5, 5.41) is 2.96. The van der Waals surface area contributed by atoms with Crippen molar-refractivity contribution in [1.29, 1.82) is 0 Å². The van der Waals surface area contributed by atoms with E-state index >= 15 is 0 Å². The summed E-state index contributed by atoms with van der Waals surface area (Å²) in [6.07, 6.45) is 5.51. The fourth-order valence-corrected chi connectivity index (χ4v) is 2.92. The standard InChI is InChI=1S/C16H25N3O2.ClH/c1-3-16(4-2,10-17)19-15(21)12-9-11-7-5-6-8-13(11)18-14(12)20;/h9H,3-8,10,17H2,1-2H3,(H,18,20)(H,19,21);1H. The highest BCUT2D eigenvalue weighted by Crippen LogP contribution is 2.19. The number of hydrogen-bond acceptors (Lipinski definition) is 3. The van der Waals surface area contributed by atoms with Crippen LogP contribution in [-0.4, -0.2) is 23.0 Å². The van der Waals surface area contributed by atoms with Gasteiger partial charge in [0, 0.05) is 12.2 Å².